The van der Waals surface area contributed by atoms with E-state index < -0.39 is 0 Å². The Hall–Kier alpha value is -2.21. The van der Waals surface area contributed by atoms with Crippen LogP contribution >= 0.6 is 0 Å². The SMILES string of the molecule is C#CCn1c(CC)nc(-c2c(C)cccc2C)c1N. The van der Waals surface area contributed by atoms with E-state index in [1.54, 1.807) is 0 Å². The molecule has 0 aliphatic heterocycles. The van der Waals surface area contributed by atoms with Crippen LogP contribution in [0.3, 0.4) is 0 Å². The number of aromatic nitrogens is 2. The molecule has 0 bridgehead atoms. The first kappa shape index (κ1) is 13.2. The van der Waals surface area contributed by atoms with Gasteiger partial charge in [0.25, 0.3) is 0 Å². The van der Waals surface area contributed by atoms with E-state index in [0.29, 0.717) is 12.4 Å². The highest BCUT2D eigenvalue weighted by Crippen LogP contribution is 2.31. The smallest absolute Gasteiger partial charge is 0.132 e. The Bertz CT molecular complexity index is 624. The highest BCUT2D eigenvalue weighted by Gasteiger charge is 2.17. The molecule has 1 aromatic heterocycles. The lowest BCUT2D eigenvalue weighted by Crippen LogP contribution is -2.05. The molecular weight excluding hydrogens is 234 g/mol. The lowest BCUT2D eigenvalue weighted by atomic mass is 10.0. The van der Waals surface area contributed by atoms with Crippen molar-refractivity contribution in [3.05, 3.63) is 35.2 Å². The van der Waals surface area contributed by atoms with Gasteiger partial charge in [0.15, 0.2) is 0 Å². The molecule has 3 heteroatoms. The van der Waals surface area contributed by atoms with Crippen LogP contribution in [-0.2, 0) is 13.0 Å². The third-order valence-corrected chi connectivity index (χ3v) is 3.37. The van der Waals surface area contributed by atoms with E-state index in [2.05, 4.69) is 43.8 Å². The normalized spacial score (nSPS) is 10.4. The minimum atomic E-state index is 0.465. The topological polar surface area (TPSA) is 43.8 Å². The molecule has 0 atom stereocenters. The number of nitrogen functional groups attached to an aromatic ring is 1. The molecule has 0 aliphatic carbocycles. The predicted molar refractivity (Wildman–Crippen MR) is 79.8 cm³/mol. The lowest BCUT2D eigenvalue weighted by Gasteiger charge is -2.08. The molecule has 0 aliphatic rings. The van der Waals surface area contributed by atoms with Crippen LogP contribution in [0.15, 0.2) is 18.2 Å². The van der Waals surface area contributed by atoms with Crippen LogP contribution in [-0.4, -0.2) is 9.55 Å². The van der Waals surface area contributed by atoms with E-state index in [-0.39, 0.29) is 0 Å². The summed E-state index contributed by atoms with van der Waals surface area (Å²) in [7, 11) is 0. The van der Waals surface area contributed by atoms with Crippen molar-refractivity contribution in [3.63, 3.8) is 0 Å². The number of hydrogen-bond donors (Lipinski definition) is 1. The van der Waals surface area contributed by atoms with Gasteiger partial charge in [0.2, 0.25) is 0 Å². The van der Waals surface area contributed by atoms with Gasteiger partial charge in [0.05, 0.1) is 6.54 Å². The number of terminal acetylenes is 1. The third-order valence-electron chi connectivity index (χ3n) is 3.37. The molecule has 1 aromatic carbocycles. The van der Waals surface area contributed by atoms with Crippen LogP contribution in [0.4, 0.5) is 5.82 Å². The van der Waals surface area contributed by atoms with Gasteiger partial charge in [-0.15, -0.1) is 6.42 Å². The highest BCUT2D eigenvalue weighted by atomic mass is 15.1. The molecule has 0 saturated carbocycles. The van der Waals surface area contributed by atoms with Gasteiger partial charge in [-0.05, 0) is 25.0 Å². The standard InChI is InChI=1S/C16H19N3/c1-5-10-19-13(6-2)18-15(16(19)17)14-11(3)8-7-9-12(14)4/h1,7-9H,6,10,17H2,2-4H3. The number of hydrogen-bond acceptors (Lipinski definition) is 2. The quantitative estimate of drug-likeness (QED) is 0.855. The van der Waals surface area contributed by atoms with Crippen LogP contribution < -0.4 is 5.73 Å². The summed E-state index contributed by atoms with van der Waals surface area (Å²) >= 11 is 0. The fourth-order valence-corrected chi connectivity index (χ4v) is 2.42. The zero-order valence-corrected chi connectivity index (χ0v) is 11.7. The Labute approximate surface area is 114 Å². The molecule has 3 nitrogen and oxygen atoms in total. The first-order valence-electron chi connectivity index (χ1n) is 6.45. The van der Waals surface area contributed by atoms with Crippen molar-refractivity contribution in [1.29, 1.82) is 0 Å². The average molecular weight is 253 g/mol. The maximum atomic E-state index is 6.24. The van der Waals surface area contributed by atoms with Gasteiger partial charge in [-0.25, -0.2) is 4.98 Å². The van der Waals surface area contributed by atoms with Gasteiger partial charge in [-0.2, -0.15) is 0 Å². The first-order valence-corrected chi connectivity index (χ1v) is 6.45. The number of nitrogens with zero attached hydrogens (tertiary/aromatic N) is 2. The van der Waals surface area contributed by atoms with Gasteiger partial charge in [0.1, 0.15) is 17.3 Å². The number of imidazole rings is 1. The largest absolute Gasteiger partial charge is 0.383 e. The van der Waals surface area contributed by atoms with Crippen molar-refractivity contribution < 1.29 is 0 Å². The van der Waals surface area contributed by atoms with Gasteiger partial charge < -0.3 is 10.3 Å². The highest BCUT2D eigenvalue weighted by molar-refractivity contribution is 5.76. The second-order valence-electron chi connectivity index (χ2n) is 4.67. The summed E-state index contributed by atoms with van der Waals surface area (Å²) in [4.78, 5) is 4.68. The summed E-state index contributed by atoms with van der Waals surface area (Å²) in [6.45, 7) is 6.68. The maximum Gasteiger partial charge on any atom is 0.132 e. The Kier molecular flexibility index (Phi) is 3.62. The first-order chi connectivity index (χ1) is 9.10. The van der Waals surface area contributed by atoms with Gasteiger partial charge in [-0.1, -0.05) is 31.0 Å². The summed E-state index contributed by atoms with van der Waals surface area (Å²) in [5.74, 6) is 4.23. The number of benzene rings is 1. The third kappa shape index (κ3) is 2.22. The molecule has 2 N–H and O–H groups in total. The monoisotopic (exact) mass is 253 g/mol. The van der Waals surface area contributed by atoms with Crippen LogP contribution in [0.25, 0.3) is 11.3 Å². The van der Waals surface area contributed by atoms with Crippen LogP contribution in [0.5, 0.6) is 0 Å². The predicted octanol–water partition coefficient (Wildman–Crippen LogP) is 2.94. The zero-order chi connectivity index (χ0) is 14.0. The van der Waals surface area contributed by atoms with E-state index in [4.69, 9.17) is 12.2 Å². The van der Waals surface area contributed by atoms with Crippen LogP contribution in [0, 0.1) is 26.2 Å². The lowest BCUT2D eigenvalue weighted by molar-refractivity contribution is 0.769. The molecule has 0 unspecified atom stereocenters. The molecule has 2 rings (SSSR count). The van der Waals surface area contributed by atoms with Gasteiger partial charge in [-0.3, -0.25) is 0 Å². The fraction of sp³-hybridized carbons (Fsp3) is 0.312. The Morgan fingerprint density at radius 3 is 2.47 bits per heavy atom. The van der Waals surface area contributed by atoms with Crippen LogP contribution in [0.2, 0.25) is 0 Å². The summed E-state index contributed by atoms with van der Waals surface area (Å²) < 4.78 is 1.92. The van der Waals surface area contributed by atoms with Gasteiger partial charge in [0, 0.05) is 12.0 Å². The average Bonchev–Trinajstić information content (AvgIpc) is 2.68. The number of aryl methyl sites for hydroxylation is 3. The number of nitrogens with two attached hydrogens (primary N) is 1. The van der Waals surface area contributed by atoms with E-state index in [1.807, 2.05) is 10.6 Å². The Morgan fingerprint density at radius 2 is 1.95 bits per heavy atom. The Balaban J connectivity index is 2.67. The zero-order valence-electron chi connectivity index (χ0n) is 11.7. The fourth-order valence-electron chi connectivity index (χ4n) is 2.42. The molecule has 98 valence electrons. The van der Waals surface area contributed by atoms with Crippen molar-refractivity contribution in [2.75, 3.05) is 5.73 Å². The van der Waals surface area contributed by atoms with E-state index >= 15 is 0 Å². The van der Waals surface area contributed by atoms with E-state index in [0.717, 1.165) is 23.5 Å². The minimum Gasteiger partial charge on any atom is -0.383 e. The molecule has 0 radical (unpaired) electrons. The molecular formula is C16H19N3. The van der Waals surface area contributed by atoms with E-state index in [9.17, 15) is 0 Å². The molecule has 0 spiro atoms. The molecule has 2 aromatic rings. The van der Waals surface area contributed by atoms with Crippen molar-refractivity contribution in [2.45, 2.75) is 33.7 Å². The molecule has 1 heterocycles. The summed E-state index contributed by atoms with van der Waals surface area (Å²) in [5.41, 5.74) is 10.6. The van der Waals surface area contributed by atoms with Crippen molar-refractivity contribution in [1.82, 2.24) is 9.55 Å². The summed E-state index contributed by atoms with van der Waals surface area (Å²) in [6.07, 6.45) is 6.22. The number of rotatable bonds is 3. The molecule has 0 saturated heterocycles. The molecule has 19 heavy (non-hydrogen) atoms. The van der Waals surface area contributed by atoms with Crippen molar-refractivity contribution in [2.24, 2.45) is 0 Å². The minimum absolute atomic E-state index is 0.465. The van der Waals surface area contributed by atoms with Gasteiger partial charge >= 0.3 is 0 Å². The molecule has 0 fully saturated rings. The van der Waals surface area contributed by atoms with E-state index in [1.165, 1.54) is 11.1 Å². The second-order valence-corrected chi connectivity index (χ2v) is 4.67. The molecule has 0 amide bonds. The van der Waals surface area contributed by atoms with Crippen molar-refractivity contribution >= 4 is 5.82 Å². The van der Waals surface area contributed by atoms with Crippen molar-refractivity contribution in [3.8, 4) is 23.6 Å². The summed E-state index contributed by atoms with van der Waals surface area (Å²) in [5, 5.41) is 0. The van der Waals surface area contributed by atoms with Crippen LogP contribution in [0.1, 0.15) is 23.9 Å². The maximum absolute atomic E-state index is 6.24. The summed E-state index contributed by atoms with van der Waals surface area (Å²) in [6, 6.07) is 6.20. The Morgan fingerprint density at radius 1 is 1.32 bits per heavy atom. The number of anilines is 1. The second kappa shape index (κ2) is 5.19.